The Morgan fingerprint density at radius 1 is 1.00 bits per heavy atom. The van der Waals surface area contributed by atoms with Gasteiger partial charge in [-0.2, -0.15) is 0 Å². The molecule has 2 fully saturated rings. The lowest BCUT2D eigenvalue weighted by molar-refractivity contribution is -0.141. The van der Waals surface area contributed by atoms with Crippen LogP contribution >= 0.6 is 0 Å². The summed E-state index contributed by atoms with van der Waals surface area (Å²) in [7, 11) is 0. The zero-order valence-electron chi connectivity index (χ0n) is 17.1. The van der Waals surface area contributed by atoms with Crippen molar-refractivity contribution in [3.05, 3.63) is 59.7 Å². The Balaban J connectivity index is 1.22. The number of carbonyl (C=O) groups excluding carboxylic acids is 2. The first kappa shape index (κ1) is 19.6. The van der Waals surface area contributed by atoms with E-state index in [1.54, 1.807) is 9.80 Å². The smallest absolute Gasteiger partial charge is 0.409 e. The SMILES string of the molecule is O=C(O)C1CC(=O)N(C2CCN(C(=O)OCC3c4ccccc4-c4ccccc43)C2)C1. The van der Waals surface area contributed by atoms with Gasteiger partial charge in [0, 0.05) is 32.0 Å². The number of carbonyl (C=O) groups is 3. The van der Waals surface area contributed by atoms with Crippen LogP contribution in [-0.4, -0.2) is 65.2 Å². The van der Waals surface area contributed by atoms with Crippen LogP contribution in [0.25, 0.3) is 11.1 Å². The summed E-state index contributed by atoms with van der Waals surface area (Å²) < 4.78 is 5.71. The van der Waals surface area contributed by atoms with Gasteiger partial charge in [0.1, 0.15) is 6.61 Å². The van der Waals surface area contributed by atoms with Gasteiger partial charge in [0.2, 0.25) is 5.91 Å². The van der Waals surface area contributed by atoms with Crippen molar-refractivity contribution in [2.45, 2.75) is 24.8 Å². The standard InChI is InChI=1S/C24H24N2O5/c27-22-11-15(23(28)29)12-26(22)16-9-10-25(13-16)24(30)31-14-21-19-7-3-1-5-17(19)18-6-2-4-8-20(18)21/h1-8,15-16,21H,9-14H2,(H,28,29). The molecule has 3 aliphatic rings. The van der Waals surface area contributed by atoms with Crippen molar-refractivity contribution in [1.82, 2.24) is 9.80 Å². The predicted octanol–water partition coefficient (Wildman–Crippen LogP) is 2.94. The molecule has 2 unspecified atom stereocenters. The van der Waals surface area contributed by atoms with Crippen molar-refractivity contribution >= 4 is 18.0 Å². The number of nitrogens with zero attached hydrogens (tertiary/aromatic N) is 2. The molecule has 2 aliphatic heterocycles. The molecule has 5 rings (SSSR count). The van der Waals surface area contributed by atoms with Crippen LogP contribution in [0.3, 0.4) is 0 Å². The summed E-state index contributed by atoms with van der Waals surface area (Å²) in [6.07, 6.45) is 0.296. The molecule has 7 nitrogen and oxygen atoms in total. The fourth-order valence-corrected chi connectivity index (χ4v) is 5.10. The minimum absolute atomic E-state index is 0.00577. The Bertz CT molecular complexity index is 1010. The third-order valence-electron chi connectivity index (χ3n) is 6.71. The van der Waals surface area contributed by atoms with Gasteiger partial charge in [0.25, 0.3) is 0 Å². The van der Waals surface area contributed by atoms with Crippen LogP contribution in [0.2, 0.25) is 0 Å². The molecule has 0 aromatic heterocycles. The summed E-state index contributed by atoms with van der Waals surface area (Å²) in [6, 6.07) is 16.2. The van der Waals surface area contributed by atoms with Crippen LogP contribution in [0.5, 0.6) is 0 Å². The molecule has 2 aromatic rings. The van der Waals surface area contributed by atoms with Crippen LogP contribution in [0, 0.1) is 5.92 Å². The second kappa shape index (κ2) is 7.72. The number of hydrogen-bond donors (Lipinski definition) is 1. The molecular formula is C24H24N2O5. The molecule has 7 heteroatoms. The molecule has 2 atom stereocenters. The molecule has 1 N–H and O–H groups in total. The van der Waals surface area contributed by atoms with Crippen LogP contribution in [0.4, 0.5) is 4.79 Å². The normalized spacial score (nSPS) is 22.5. The fraction of sp³-hybridized carbons (Fsp3) is 0.375. The van der Waals surface area contributed by atoms with Crippen LogP contribution in [0.1, 0.15) is 29.9 Å². The highest BCUT2D eigenvalue weighted by atomic mass is 16.6. The number of aliphatic carboxylic acids is 1. The van der Waals surface area contributed by atoms with E-state index in [4.69, 9.17) is 4.74 Å². The van der Waals surface area contributed by atoms with E-state index in [0.717, 1.165) is 11.1 Å². The molecule has 2 heterocycles. The first-order valence-corrected chi connectivity index (χ1v) is 10.6. The Morgan fingerprint density at radius 2 is 1.65 bits per heavy atom. The molecule has 0 saturated carbocycles. The molecule has 2 amide bonds. The van der Waals surface area contributed by atoms with Gasteiger partial charge in [0.05, 0.1) is 12.0 Å². The van der Waals surface area contributed by atoms with Gasteiger partial charge in [-0.1, -0.05) is 48.5 Å². The van der Waals surface area contributed by atoms with E-state index in [1.807, 2.05) is 24.3 Å². The first-order valence-electron chi connectivity index (χ1n) is 10.6. The number of benzene rings is 2. The number of amides is 2. The van der Waals surface area contributed by atoms with E-state index in [2.05, 4.69) is 24.3 Å². The largest absolute Gasteiger partial charge is 0.481 e. The minimum atomic E-state index is -0.942. The molecule has 1 aliphatic carbocycles. The lowest BCUT2D eigenvalue weighted by Crippen LogP contribution is -2.40. The Hall–Kier alpha value is -3.35. The molecule has 2 saturated heterocycles. The molecule has 31 heavy (non-hydrogen) atoms. The maximum atomic E-state index is 12.7. The van der Waals surface area contributed by atoms with Gasteiger partial charge in [-0.05, 0) is 28.7 Å². The Kier molecular flexibility index (Phi) is 4.88. The van der Waals surface area contributed by atoms with E-state index < -0.39 is 11.9 Å². The van der Waals surface area contributed by atoms with Crippen molar-refractivity contribution in [1.29, 1.82) is 0 Å². The quantitative estimate of drug-likeness (QED) is 0.822. The van der Waals surface area contributed by atoms with Gasteiger partial charge < -0.3 is 19.6 Å². The number of carboxylic acids is 1. The number of fused-ring (bicyclic) bond motifs is 3. The summed E-state index contributed by atoms with van der Waals surface area (Å²) in [5, 5.41) is 9.18. The van der Waals surface area contributed by atoms with Crippen molar-refractivity contribution < 1.29 is 24.2 Å². The maximum Gasteiger partial charge on any atom is 0.409 e. The van der Waals surface area contributed by atoms with Crippen molar-refractivity contribution in [2.24, 2.45) is 5.92 Å². The summed E-state index contributed by atoms with van der Waals surface area (Å²) >= 11 is 0. The number of hydrogen-bond acceptors (Lipinski definition) is 4. The zero-order valence-corrected chi connectivity index (χ0v) is 17.1. The lowest BCUT2D eigenvalue weighted by Gasteiger charge is -2.24. The van der Waals surface area contributed by atoms with Crippen LogP contribution < -0.4 is 0 Å². The van der Waals surface area contributed by atoms with Crippen LogP contribution in [-0.2, 0) is 14.3 Å². The average Bonchev–Trinajstić information content (AvgIpc) is 3.48. The molecule has 0 radical (unpaired) electrons. The molecule has 0 spiro atoms. The summed E-state index contributed by atoms with van der Waals surface area (Å²) in [5.74, 6) is -1.74. The topological polar surface area (TPSA) is 87.2 Å². The summed E-state index contributed by atoms with van der Waals surface area (Å²) in [6.45, 7) is 1.37. The first-order chi connectivity index (χ1) is 15.0. The maximum absolute atomic E-state index is 12.7. The predicted molar refractivity (Wildman–Crippen MR) is 113 cm³/mol. The van der Waals surface area contributed by atoms with E-state index in [-0.39, 0.29) is 43.5 Å². The molecule has 2 aromatic carbocycles. The molecule has 0 bridgehead atoms. The monoisotopic (exact) mass is 420 g/mol. The van der Waals surface area contributed by atoms with Crippen molar-refractivity contribution in [2.75, 3.05) is 26.2 Å². The van der Waals surface area contributed by atoms with Crippen molar-refractivity contribution in [3.63, 3.8) is 0 Å². The minimum Gasteiger partial charge on any atom is -0.481 e. The van der Waals surface area contributed by atoms with E-state index in [1.165, 1.54) is 11.1 Å². The van der Waals surface area contributed by atoms with Gasteiger partial charge in [0.15, 0.2) is 0 Å². The second-order valence-corrected chi connectivity index (χ2v) is 8.48. The van der Waals surface area contributed by atoms with Gasteiger partial charge in [-0.3, -0.25) is 9.59 Å². The lowest BCUT2D eigenvalue weighted by atomic mass is 9.98. The highest BCUT2D eigenvalue weighted by Gasteiger charge is 2.41. The Morgan fingerprint density at radius 3 is 2.26 bits per heavy atom. The third kappa shape index (κ3) is 3.44. The molecule has 160 valence electrons. The van der Waals surface area contributed by atoms with Gasteiger partial charge >= 0.3 is 12.1 Å². The van der Waals surface area contributed by atoms with Crippen molar-refractivity contribution in [3.8, 4) is 11.1 Å². The number of ether oxygens (including phenoxy) is 1. The number of carboxylic acid groups (broad SMARTS) is 1. The fourth-order valence-electron chi connectivity index (χ4n) is 5.10. The number of likely N-dealkylation sites (tertiary alicyclic amines) is 2. The van der Waals surface area contributed by atoms with E-state index in [0.29, 0.717) is 19.5 Å². The average molecular weight is 420 g/mol. The zero-order chi connectivity index (χ0) is 21.5. The number of rotatable bonds is 4. The highest BCUT2D eigenvalue weighted by Crippen LogP contribution is 2.44. The van der Waals surface area contributed by atoms with Crippen LogP contribution in [0.15, 0.2) is 48.5 Å². The second-order valence-electron chi connectivity index (χ2n) is 8.48. The summed E-state index contributed by atoms with van der Waals surface area (Å²) in [4.78, 5) is 39.4. The molecular weight excluding hydrogens is 396 g/mol. The van der Waals surface area contributed by atoms with Gasteiger partial charge in [-0.25, -0.2) is 4.79 Å². The Labute approximate surface area is 180 Å². The van der Waals surface area contributed by atoms with E-state index >= 15 is 0 Å². The van der Waals surface area contributed by atoms with Gasteiger partial charge in [-0.15, -0.1) is 0 Å². The van der Waals surface area contributed by atoms with E-state index in [9.17, 15) is 19.5 Å². The summed E-state index contributed by atoms with van der Waals surface area (Å²) in [5.41, 5.74) is 4.69. The highest BCUT2D eigenvalue weighted by molar-refractivity contribution is 5.86. The third-order valence-corrected chi connectivity index (χ3v) is 6.71.